The minimum Gasteiger partial charge on any atom is -0.209 e. The molecule has 1 nitrogen and oxygen atoms in total. The van der Waals surface area contributed by atoms with Crippen LogP contribution >= 0.6 is 0 Å². The molecule has 0 aromatic carbocycles. The fourth-order valence-electron chi connectivity index (χ4n) is 1.56. The van der Waals surface area contributed by atoms with Gasteiger partial charge in [-0.15, -0.1) is 0 Å². The molecule has 0 rings (SSSR count). The van der Waals surface area contributed by atoms with Crippen molar-refractivity contribution in [3.63, 3.8) is 0 Å². The predicted octanol–water partition coefficient (Wildman–Crippen LogP) is 3.94. The summed E-state index contributed by atoms with van der Waals surface area (Å²) in [5.41, 5.74) is 1.48. The molecule has 0 radical (unpaired) electrons. The standard InChI is InChI=1S/C14H28N/c1-8-15(9-11(2)3)10-13(6)14(7)12(4)5/h8,10-12,14H,9H2,1-7H3/q+1/b13-10+,15-8?. The van der Waals surface area contributed by atoms with E-state index in [-0.39, 0.29) is 0 Å². The highest BCUT2D eigenvalue weighted by molar-refractivity contribution is 5.47. The number of allylic oxidation sites excluding steroid dienone is 1. The van der Waals surface area contributed by atoms with Gasteiger partial charge in [-0.3, -0.25) is 0 Å². The molecule has 0 saturated carbocycles. The van der Waals surface area contributed by atoms with Gasteiger partial charge in [-0.05, 0) is 24.3 Å². The largest absolute Gasteiger partial charge is 0.209 e. The molecule has 0 fully saturated rings. The summed E-state index contributed by atoms with van der Waals surface area (Å²) in [7, 11) is 0. The van der Waals surface area contributed by atoms with Crippen LogP contribution in [0.4, 0.5) is 0 Å². The highest BCUT2D eigenvalue weighted by Gasteiger charge is 2.12. The first-order valence-electron chi connectivity index (χ1n) is 6.12. The number of nitrogens with zero attached hydrogens (tertiary/aromatic N) is 1. The highest BCUT2D eigenvalue weighted by Crippen LogP contribution is 2.18. The second-order valence-corrected chi connectivity index (χ2v) is 5.25. The lowest BCUT2D eigenvalue weighted by Gasteiger charge is -2.15. The summed E-state index contributed by atoms with van der Waals surface area (Å²) in [4.78, 5) is 0. The Kier molecular flexibility index (Phi) is 6.55. The normalized spacial score (nSPS) is 16.3. The topological polar surface area (TPSA) is 3.01 Å². The maximum absolute atomic E-state index is 2.31. The molecule has 15 heavy (non-hydrogen) atoms. The Morgan fingerprint density at radius 1 is 1.13 bits per heavy atom. The Labute approximate surface area is 95.9 Å². The molecular weight excluding hydrogens is 182 g/mol. The van der Waals surface area contributed by atoms with Crippen molar-refractivity contribution in [2.24, 2.45) is 17.8 Å². The molecule has 0 aromatic rings. The van der Waals surface area contributed by atoms with Crippen molar-refractivity contribution in [1.29, 1.82) is 0 Å². The van der Waals surface area contributed by atoms with Crippen LogP contribution in [0.5, 0.6) is 0 Å². The van der Waals surface area contributed by atoms with Crippen LogP contribution in [-0.4, -0.2) is 17.3 Å². The molecule has 0 N–H and O–H groups in total. The van der Waals surface area contributed by atoms with Gasteiger partial charge in [-0.1, -0.05) is 34.6 Å². The SMILES string of the molecule is CC=[N+](/C=C(\C)C(C)C(C)C)CC(C)C. The number of hydrogen-bond donors (Lipinski definition) is 0. The summed E-state index contributed by atoms with van der Waals surface area (Å²) in [6.07, 6.45) is 4.46. The lowest BCUT2D eigenvalue weighted by molar-refractivity contribution is -0.461. The Balaban J connectivity index is 4.56. The van der Waals surface area contributed by atoms with Gasteiger partial charge < -0.3 is 0 Å². The molecule has 0 heterocycles. The van der Waals surface area contributed by atoms with Crippen LogP contribution in [0, 0.1) is 17.8 Å². The van der Waals surface area contributed by atoms with E-state index in [1.807, 2.05) is 0 Å². The van der Waals surface area contributed by atoms with E-state index >= 15 is 0 Å². The van der Waals surface area contributed by atoms with E-state index in [0.717, 1.165) is 12.5 Å². The van der Waals surface area contributed by atoms with Crippen LogP contribution in [0.25, 0.3) is 0 Å². The van der Waals surface area contributed by atoms with Crippen molar-refractivity contribution in [3.8, 4) is 0 Å². The van der Waals surface area contributed by atoms with E-state index in [1.54, 1.807) is 0 Å². The van der Waals surface area contributed by atoms with Crippen LogP contribution in [0.15, 0.2) is 11.8 Å². The molecule has 0 bridgehead atoms. The van der Waals surface area contributed by atoms with E-state index in [2.05, 4.69) is 65.5 Å². The molecule has 0 aliphatic heterocycles. The average molecular weight is 210 g/mol. The van der Waals surface area contributed by atoms with E-state index in [4.69, 9.17) is 0 Å². The van der Waals surface area contributed by atoms with E-state index < -0.39 is 0 Å². The van der Waals surface area contributed by atoms with Crippen molar-refractivity contribution in [1.82, 2.24) is 0 Å². The molecule has 0 aromatic heterocycles. The van der Waals surface area contributed by atoms with Crippen molar-refractivity contribution < 1.29 is 4.58 Å². The summed E-state index contributed by atoms with van der Waals surface area (Å²) >= 11 is 0. The zero-order valence-electron chi connectivity index (χ0n) is 11.5. The predicted molar refractivity (Wildman–Crippen MR) is 69.5 cm³/mol. The number of hydrogen-bond acceptors (Lipinski definition) is 0. The van der Waals surface area contributed by atoms with E-state index in [0.29, 0.717) is 11.8 Å². The van der Waals surface area contributed by atoms with Gasteiger partial charge in [0.2, 0.25) is 0 Å². The Morgan fingerprint density at radius 2 is 1.67 bits per heavy atom. The molecule has 0 saturated heterocycles. The molecule has 0 amide bonds. The average Bonchev–Trinajstić information content (AvgIpc) is 2.14. The monoisotopic (exact) mass is 210 g/mol. The summed E-state index contributed by atoms with van der Waals surface area (Å²) in [6.45, 7) is 16.8. The molecule has 0 spiro atoms. The molecule has 0 aliphatic carbocycles. The van der Waals surface area contributed by atoms with Gasteiger partial charge in [0, 0.05) is 12.8 Å². The van der Waals surface area contributed by atoms with Gasteiger partial charge in [0.1, 0.15) is 12.8 Å². The molecule has 1 atom stereocenters. The van der Waals surface area contributed by atoms with Crippen LogP contribution in [-0.2, 0) is 0 Å². The summed E-state index contributed by atoms with van der Waals surface area (Å²) in [6, 6.07) is 0. The second kappa shape index (κ2) is 6.81. The summed E-state index contributed by atoms with van der Waals surface area (Å²) < 4.78 is 2.30. The first-order valence-corrected chi connectivity index (χ1v) is 6.12. The van der Waals surface area contributed by atoms with Gasteiger partial charge in [-0.2, -0.15) is 0 Å². The van der Waals surface area contributed by atoms with Crippen molar-refractivity contribution in [2.45, 2.75) is 48.5 Å². The van der Waals surface area contributed by atoms with E-state index in [9.17, 15) is 0 Å². The lowest BCUT2D eigenvalue weighted by Crippen LogP contribution is -2.15. The van der Waals surface area contributed by atoms with Crippen LogP contribution in [0.3, 0.4) is 0 Å². The second-order valence-electron chi connectivity index (χ2n) is 5.25. The Bertz CT molecular complexity index is 234. The summed E-state index contributed by atoms with van der Waals surface area (Å²) in [5.74, 6) is 2.10. The van der Waals surface area contributed by atoms with Crippen LogP contribution < -0.4 is 0 Å². The van der Waals surface area contributed by atoms with Gasteiger partial charge in [0.05, 0.1) is 0 Å². The Hall–Kier alpha value is -0.590. The van der Waals surface area contributed by atoms with Gasteiger partial charge in [0.15, 0.2) is 6.20 Å². The third-order valence-corrected chi connectivity index (χ3v) is 3.00. The lowest BCUT2D eigenvalue weighted by atomic mass is 9.91. The van der Waals surface area contributed by atoms with Gasteiger partial charge in [0.25, 0.3) is 0 Å². The quantitative estimate of drug-likeness (QED) is 0.477. The van der Waals surface area contributed by atoms with Gasteiger partial charge in [-0.25, -0.2) is 4.58 Å². The first-order chi connectivity index (χ1) is 6.88. The maximum Gasteiger partial charge on any atom is 0.167 e. The number of rotatable bonds is 5. The van der Waals surface area contributed by atoms with Crippen molar-refractivity contribution in [2.75, 3.05) is 6.54 Å². The maximum atomic E-state index is 2.31. The van der Waals surface area contributed by atoms with Crippen LogP contribution in [0.2, 0.25) is 0 Å². The molecule has 0 aliphatic rings. The molecule has 1 heteroatoms. The minimum atomic E-state index is 0.666. The Morgan fingerprint density at radius 3 is 2.00 bits per heavy atom. The van der Waals surface area contributed by atoms with Gasteiger partial charge >= 0.3 is 0 Å². The van der Waals surface area contributed by atoms with Crippen molar-refractivity contribution in [3.05, 3.63) is 11.8 Å². The van der Waals surface area contributed by atoms with Crippen molar-refractivity contribution >= 4 is 6.21 Å². The zero-order chi connectivity index (χ0) is 12.0. The van der Waals surface area contributed by atoms with Crippen LogP contribution in [0.1, 0.15) is 48.5 Å². The third-order valence-electron chi connectivity index (χ3n) is 3.00. The molecule has 1 unspecified atom stereocenters. The fraction of sp³-hybridized carbons (Fsp3) is 0.786. The fourth-order valence-corrected chi connectivity index (χ4v) is 1.56. The smallest absolute Gasteiger partial charge is 0.167 e. The molecular formula is C14H28N+. The summed E-state index contributed by atoms with van der Waals surface area (Å²) in [5, 5.41) is 0. The minimum absolute atomic E-state index is 0.666. The molecule has 88 valence electrons. The zero-order valence-corrected chi connectivity index (χ0v) is 11.5. The van der Waals surface area contributed by atoms with E-state index in [1.165, 1.54) is 5.57 Å². The third kappa shape index (κ3) is 5.76. The highest BCUT2D eigenvalue weighted by atomic mass is 15.0. The first kappa shape index (κ1) is 14.4.